The molecule has 6 nitrogen and oxygen atoms in total. The maximum absolute atomic E-state index is 13.0. The number of aliphatic hydroxyl groups is 1. The summed E-state index contributed by atoms with van der Waals surface area (Å²) < 4.78 is 0. The van der Waals surface area contributed by atoms with Crippen molar-refractivity contribution in [2.24, 2.45) is 0 Å². The molecule has 7 heteroatoms. The van der Waals surface area contributed by atoms with Gasteiger partial charge in [0.05, 0.1) is 17.2 Å². The van der Waals surface area contributed by atoms with Crippen molar-refractivity contribution in [3.63, 3.8) is 0 Å². The Hall–Kier alpha value is -2.83. The molecule has 2 N–H and O–H groups in total. The van der Waals surface area contributed by atoms with E-state index in [9.17, 15) is 19.8 Å². The number of benzene rings is 2. The summed E-state index contributed by atoms with van der Waals surface area (Å²) in [5.74, 6) is -1.95. The highest BCUT2D eigenvalue weighted by Crippen LogP contribution is 2.41. The molecule has 1 fully saturated rings. The van der Waals surface area contributed by atoms with Crippen LogP contribution >= 0.6 is 11.6 Å². The van der Waals surface area contributed by atoms with Crippen molar-refractivity contribution in [3.05, 3.63) is 69.2 Å². The number of carbonyl (C=O) groups excluding carboxylic acids is 2. The minimum Gasteiger partial charge on any atom is -0.507 e. The second-order valence-corrected chi connectivity index (χ2v) is 8.59. The first-order valence-electron chi connectivity index (χ1n) is 10.1. The maximum Gasteiger partial charge on any atom is 0.295 e. The molecular weight excluding hydrogens is 416 g/mol. The van der Waals surface area contributed by atoms with Gasteiger partial charge in [0.25, 0.3) is 11.7 Å². The number of phenols is 1. The molecule has 0 spiro atoms. The molecule has 2 aromatic carbocycles. The topological polar surface area (TPSA) is 81.1 Å². The lowest BCUT2D eigenvalue weighted by atomic mass is 9.94. The average Bonchev–Trinajstić information content (AvgIpc) is 2.95. The number of likely N-dealkylation sites (tertiary alicyclic amines) is 1. The van der Waals surface area contributed by atoms with Crippen molar-refractivity contribution in [2.45, 2.75) is 26.3 Å². The predicted molar refractivity (Wildman–Crippen MR) is 121 cm³/mol. The highest BCUT2D eigenvalue weighted by molar-refractivity contribution is 6.46. The summed E-state index contributed by atoms with van der Waals surface area (Å²) in [5.41, 5.74) is 2.47. The van der Waals surface area contributed by atoms with Crippen molar-refractivity contribution in [1.82, 2.24) is 9.80 Å². The summed E-state index contributed by atoms with van der Waals surface area (Å²) in [7, 11) is 3.88. The van der Waals surface area contributed by atoms with Crippen LogP contribution in [0.1, 0.15) is 34.7 Å². The quantitative estimate of drug-likeness (QED) is 0.401. The van der Waals surface area contributed by atoms with E-state index in [1.54, 1.807) is 30.3 Å². The van der Waals surface area contributed by atoms with Gasteiger partial charge in [0.1, 0.15) is 11.5 Å². The Morgan fingerprint density at radius 1 is 1.10 bits per heavy atom. The first-order chi connectivity index (χ1) is 14.6. The van der Waals surface area contributed by atoms with Gasteiger partial charge in [-0.3, -0.25) is 9.59 Å². The lowest BCUT2D eigenvalue weighted by Gasteiger charge is -2.26. The predicted octanol–water partition coefficient (Wildman–Crippen LogP) is 4.04. The molecule has 1 aliphatic heterocycles. The smallest absolute Gasteiger partial charge is 0.295 e. The van der Waals surface area contributed by atoms with Crippen LogP contribution in [0, 0.1) is 13.8 Å². The third kappa shape index (κ3) is 4.60. The normalized spacial score (nSPS) is 18.3. The van der Waals surface area contributed by atoms with E-state index in [0.29, 0.717) is 23.6 Å². The number of nitrogens with zero attached hydrogens (tertiary/aromatic N) is 2. The van der Waals surface area contributed by atoms with Crippen molar-refractivity contribution in [3.8, 4) is 5.75 Å². The third-order valence-corrected chi connectivity index (χ3v) is 5.85. The number of aliphatic hydroxyl groups excluding tert-OH is 1. The number of aryl methyl sites for hydroxylation is 2. The molecule has 2 aromatic rings. The monoisotopic (exact) mass is 442 g/mol. The molecule has 0 bridgehead atoms. The van der Waals surface area contributed by atoms with Crippen molar-refractivity contribution in [2.75, 3.05) is 27.2 Å². The SMILES string of the molecule is Cc1cc(O)c(C(O)=C2C(=O)C(=O)N(CCCN(C)C)[C@H]2c2ccc(Cl)cc2)cc1C. The Labute approximate surface area is 187 Å². The summed E-state index contributed by atoms with van der Waals surface area (Å²) in [6, 6.07) is 9.25. The number of carbonyl (C=O) groups is 2. The largest absolute Gasteiger partial charge is 0.507 e. The van der Waals surface area contributed by atoms with Crippen LogP contribution in [-0.2, 0) is 9.59 Å². The number of ketones is 1. The summed E-state index contributed by atoms with van der Waals surface area (Å²) in [4.78, 5) is 29.4. The molecule has 1 atom stereocenters. The fourth-order valence-corrected chi connectivity index (χ4v) is 3.92. The van der Waals surface area contributed by atoms with E-state index in [-0.39, 0.29) is 22.6 Å². The van der Waals surface area contributed by atoms with E-state index < -0.39 is 17.7 Å². The molecule has 1 aliphatic rings. The zero-order valence-corrected chi connectivity index (χ0v) is 18.9. The number of halogens is 1. The second-order valence-electron chi connectivity index (χ2n) is 8.15. The summed E-state index contributed by atoms with van der Waals surface area (Å²) >= 11 is 6.03. The molecular formula is C24H27ClN2O4. The van der Waals surface area contributed by atoms with Crippen LogP contribution in [0.2, 0.25) is 5.02 Å². The highest BCUT2D eigenvalue weighted by Gasteiger charge is 2.46. The van der Waals surface area contributed by atoms with Crippen molar-refractivity contribution >= 4 is 29.1 Å². The number of phenolic OH excluding ortho intramolecular Hbond substituents is 1. The van der Waals surface area contributed by atoms with Gasteiger partial charge in [-0.25, -0.2) is 0 Å². The van der Waals surface area contributed by atoms with Crippen LogP contribution in [0.25, 0.3) is 5.76 Å². The minimum atomic E-state index is -0.764. The Bertz CT molecular complexity index is 1040. The molecule has 0 radical (unpaired) electrons. The Kier molecular flexibility index (Phi) is 6.72. The van der Waals surface area contributed by atoms with E-state index in [1.807, 2.05) is 32.8 Å². The Morgan fingerprint density at radius 2 is 1.71 bits per heavy atom. The molecule has 0 aliphatic carbocycles. The summed E-state index contributed by atoms with van der Waals surface area (Å²) in [5, 5.41) is 22.1. The third-order valence-electron chi connectivity index (χ3n) is 5.60. The van der Waals surface area contributed by atoms with Crippen LogP contribution in [0.3, 0.4) is 0 Å². The van der Waals surface area contributed by atoms with Gasteiger partial charge >= 0.3 is 0 Å². The molecule has 1 saturated heterocycles. The standard InChI is InChI=1S/C24H27ClN2O4/c1-14-12-18(19(28)13-15(14)2)22(29)20-21(16-6-8-17(25)9-7-16)27(24(31)23(20)30)11-5-10-26(3)4/h6-9,12-13,21,28-29H,5,10-11H2,1-4H3/t21-/m0/s1. The van der Waals surface area contributed by atoms with Crippen LogP contribution in [-0.4, -0.2) is 58.9 Å². The molecule has 1 amide bonds. The van der Waals surface area contributed by atoms with E-state index in [0.717, 1.165) is 17.7 Å². The maximum atomic E-state index is 13.0. The number of hydrogen-bond donors (Lipinski definition) is 2. The van der Waals surface area contributed by atoms with Gasteiger partial charge in [-0.15, -0.1) is 0 Å². The van der Waals surface area contributed by atoms with Crippen LogP contribution < -0.4 is 0 Å². The van der Waals surface area contributed by atoms with Crippen LogP contribution in [0.4, 0.5) is 0 Å². The van der Waals surface area contributed by atoms with Gasteiger partial charge in [-0.2, -0.15) is 0 Å². The van der Waals surface area contributed by atoms with Crippen LogP contribution in [0.15, 0.2) is 42.0 Å². The molecule has 3 rings (SSSR count). The average molecular weight is 443 g/mol. The zero-order valence-electron chi connectivity index (χ0n) is 18.1. The van der Waals surface area contributed by atoms with Gasteiger partial charge in [-0.1, -0.05) is 23.7 Å². The molecule has 31 heavy (non-hydrogen) atoms. The Balaban J connectivity index is 2.15. The second kappa shape index (κ2) is 9.12. The number of hydrogen-bond acceptors (Lipinski definition) is 5. The van der Waals surface area contributed by atoms with Crippen molar-refractivity contribution in [1.29, 1.82) is 0 Å². The molecule has 1 heterocycles. The van der Waals surface area contributed by atoms with Crippen molar-refractivity contribution < 1.29 is 19.8 Å². The summed E-state index contributed by atoms with van der Waals surface area (Å²) in [6.45, 7) is 4.79. The van der Waals surface area contributed by atoms with E-state index >= 15 is 0 Å². The number of rotatable bonds is 6. The first-order valence-corrected chi connectivity index (χ1v) is 10.5. The van der Waals surface area contributed by atoms with Gasteiger partial charge in [-0.05, 0) is 81.9 Å². The van der Waals surface area contributed by atoms with Gasteiger partial charge < -0.3 is 20.0 Å². The number of Topliss-reactive ketones (excluding diaryl/α,β-unsaturated/α-hetero) is 1. The van der Waals surface area contributed by atoms with Gasteiger partial charge in [0.2, 0.25) is 0 Å². The van der Waals surface area contributed by atoms with E-state index in [1.165, 1.54) is 11.0 Å². The van der Waals surface area contributed by atoms with Crippen LogP contribution in [0.5, 0.6) is 5.75 Å². The number of aromatic hydroxyl groups is 1. The lowest BCUT2D eigenvalue weighted by Crippen LogP contribution is -2.32. The molecule has 0 saturated carbocycles. The molecule has 164 valence electrons. The minimum absolute atomic E-state index is 0.0317. The summed E-state index contributed by atoms with van der Waals surface area (Å²) in [6.07, 6.45) is 0.666. The first kappa shape index (κ1) is 22.8. The van der Waals surface area contributed by atoms with Gasteiger partial charge in [0.15, 0.2) is 0 Å². The fraction of sp³-hybridized carbons (Fsp3) is 0.333. The Morgan fingerprint density at radius 3 is 2.32 bits per heavy atom. The molecule has 0 unspecified atom stereocenters. The lowest BCUT2D eigenvalue weighted by molar-refractivity contribution is -0.139. The van der Waals surface area contributed by atoms with Gasteiger partial charge in [0, 0.05) is 11.6 Å². The highest BCUT2D eigenvalue weighted by atomic mass is 35.5. The fourth-order valence-electron chi connectivity index (χ4n) is 3.80. The van der Waals surface area contributed by atoms with E-state index in [2.05, 4.69) is 0 Å². The zero-order chi connectivity index (χ0) is 22.9. The molecule has 0 aromatic heterocycles. The number of amides is 1. The van der Waals surface area contributed by atoms with E-state index in [4.69, 9.17) is 11.6 Å².